The topological polar surface area (TPSA) is 55.6 Å². The van der Waals surface area contributed by atoms with Gasteiger partial charge in [-0.25, -0.2) is 0 Å². The summed E-state index contributed by atoms with van der Waals surface area (Å²) in [5, 5.41) is 0. The van der Waals surface area contributed by atoms with Crippen LogP contribution in [0.1, 0.15) is 25.5 Å². The van der Waals surface area contributed by atoms with E-state index in [2.05, 4.69) is 0 Å². The van der Waals surface area contributed by atoms with Crippen molar-refractivity contribution < 1.29 is 9.53 Å². The highest BCUT2D eigenvalue weighted by Gasteiger charge is 2.08. The molecule has 94 valence electrons. The third-order valence-corrected chi connectivity index (χ3v) is 2.65. The molecule has 1 aromatic rings. The zero-order chi connectivity index (χ0) is 12.8. The van der Waals surface area contributed by atoms with Crippen molar-refractivity contribution in [3.8, 4) is 5.75 Å². The van der Waals surface area contributed by atoms with Crippen molar-refractivity contribution in [3.63, 3.8) is 0 Å². The zero-order valence-electron chi connectivity index (χ0n) is 10.6. The van der Waals surface area contributed by atoms with Gasteiger partial charge in [-0.15, -0.1) is 0 Å². The fourth-order valence-corrected chi connectivity index (χ4v) is 1.32. The maximum absolute atomic E-state index is 11.5. The van der Waals surface area contributed by atoms with E-state index < -0.39 is 0 Å². The molecule has 4 heteroatoms. The highest BCUT2D eigenvalue weighted by Crippen LogP contribution is 2.17. The second kappa shape index (κ2) is 6.25. The molecular formula is C13H20N2O2. The van der Waals surface area contributed by atoms with Crippen LogP contribution in [0.5, 0.6) is 5.75 Å². The number of ether oxygens (including phenoxy) is 1. The van der Waals surface area contributed by atoms with E-state index in [1.807, 2.05) is 38.1 Å². The van der Waals surface area contributed by atoms with Crippen molar-refractivity contribution >= 4 is 5.91 Å². The van der Waals surface area contributed by atoms with Gasteiger partial charge in [-0.05, 0) is 31.5 Å². The Balaban J connectivity index is 2.57. The molecule has 2 N–H and O–H groups in total. The smallest absolute Gasteiger partial charge is 0.260 e. The van der Waals surface area contributed by atoms with E-state index in [-0.39, 0.29) is 18.6 Å². The summed E-state index contributed by atoms with van der Waals surface area (Å²) in [4.78, 5) is 13.2. The number of carbonyl (C=O) groups is 1. The summed E-state index contributed by atoms with van der Waals surface area (Å²) < 4.78 is 5.43. The van der Waals surface area contributed by atoms with Gasteiger partial charge in [0.2, 0.25) is 0 Å². The zero-order valence-corrected chi connectivity index (χ0v) is 10.6. The Labute approximate surface area is 102 Å². The number of nitrogens with two attached hydrogens (primary N) is 1. The maximum atomic E-state index is 11.5. The minimum Gasteiger partial charge on any atom is -0.484 e. The molecule has 17 heavy (non-hydrogen) atoms. The lowest BCUT2D eigenvalue weighted by atomic mass is 10.1. The Hall–Kier alpha value is -1.55. The standard InChI is InChI=1S/C13H20N2O2/c1-4-15(3)13(16)9-17-12-7-5-6-11(8-12)10(2)14/h5-8,10H,4,9,14H2,1-3H3/t10-/m0/s1. The van der Waals surface area contributed by atoms with Crippen molar-refractivity contribution in [1.82, 2.24) is 4.90 Å². The number of rotatable bonds is 5. The minimum absolute atomic E-state index is 0.0290. The lowest BCUT2D eigenvalue weighted by molar-refractivity contribution is -0.131. The molecule has 0 saturated heterocycles. The fraction of sp³-hybridized carbons (Fsp3) is 0.462. The maximum Gasteiger partial charge on any atom is 0.260 e. The summed E-state index contributed by atoms with van der Waals surface area (Å²) in [6, 6.07) is 7.47. The lowest BCUT2D eigenvalue weighted by Gasteiger charge is -2.15. The van der Waals surface area contributed by atoms with Crippen LogP contribution >= 0.6 is 0 Å². The molecule has 0 saturated carbocycles. The lowest BCUT2D eigenvalue weighted by Crippen LogP contribution is -2.31. The minimum atomic E-state index is -0.0347. The molecule has 0 aromatic heterocycles. The molecule has 1 amide bonds. The molecule has 4 nitrogen and oxygen atoms in total. The van der Waals surface area contributed by atoms with Crippen LogP contribution in [0.2, 0.25) is 0 Å². The molecule has 0 spiro atoms. The monoisotopic (exact) mass is 236 g/mol. The molecule has 0 fully saturated rings. The average molecular weight is 236 g/mol. The van der Waals surface area contributed by atoms with Gasteiger partial charge in [-0.3, -0.25) is 4.79 Å². The quantitative estimate of drug-likeness (QED) is 0.844. The Morgan fingerprint density at radius 3 is 2.82 bits per heavy atom. The SMILES string of the molecule is CCN(C)C(=O)COc1cccc([C@H](C)N)c1. The molecule has 1 rings (SSSR count). The van der Waals surface area contributed by atoms with E-state index in [1.165, 1.54) is 0 Å². The predicted octanol–water partition coefficient (Wildman–Crippen LogP) is 1.56. The Morgan fingerprint density at radius 2 is 2.24 bits per heavy atom. The van der Waals surface area contributed by atoms with Gasteiger partial charge in [0, 0.05) is 19.6 Å². The van der Waals surface area contributed by atoms with Gasteiger partial charge in [0.15, 0.2) is 6.61 Å². The van der Waals surface area contributed by atoms with Gasteiger partial charge in [0.05, 0.1) is 0 Å². The van der Waals surface area contributed by atoms with Crippen LogP contribution in [0.25, 0.3) is 0 Å². The van der Waals surface area contributed by atoms with Crippen LogP contribution in [-0.2, 0) is 4.79 Å². The van der Waals surface area contributed by atoms with Crippen molar-refractivity contribution in [3.05, 3.63) is 29.8 Å². The normalized spacial score (nSPS) is 12.0. The summed E-state index contributed by atoms with van der Waals surface area (Å²) in [5.41, 5.74) is 6.78. The van der Waals surface area contributed by atoms with Gasteiger partial charge in [0.25, 0.3) is 5.91 Å². The van der Waals surface area contributed by atoms with Gasteiger partial charge in [0.1, 0.15) is 5.75 Å². The number of amides is 1. The summed E-state index contributed by atoms with van der Waals surface area (Å²) >= 11 is 0. The number of hydrogen-bond acceptors (Lipinski definition) is 3. The third-order valence-electron chi connectivity index (χ3n) is 2.65. The third kappa shape index (κ3) is 4.07. The van der Waals surface area contributed by atoms with Crippen molar-refractivity contribution in [2.24, 2.45) is 5.73 Å². The molecule has 0 aliphatic carbocycles. The number of hydrogen-bond donors (Lipinski definition) is 1. The Morgan fingerprint density at radius 1 is 1.53 bits per heavy atom. The molecule has 0 bridgehead atoms. The van der Waals surface area contributed by atoms with E-state index in [0.717, 1.165) is 5.56 Å². The van der Waals surface area contributed by atoms with E-state index in [4.69, 9.17) is 10.5 Å². The van der Waals surface area contributed by atoms with Crippen molar-refractivity contribution in [2.75, 3.05) is 20.2 Å². The molecular weight excluding hydrogens is 216 g/mol. The summed E-state index contributed by atoms with van der Waals surface area (Å²) in [5.74, 6) is 0.649. The molecule has 0 heterocycles. The van der Waals surface area contributed by atoms with Gasteiger partial charge in [-0.2, -0.15) is 0 Å². The van der Waals surface area contributed by atoms with Crippen LogP contribution in [0.15, 0.2) is 24.3 Å². The molecule has 0 unspecified atom stereocenters. The largest absolute Gasteiger partial charge is 0.484 e. The molecule has 1 aromatic carbocycles. The molecule has 0 radical (unpaired) electrons. The van der Waals surface area contributed by atoms with Gasteiger partial charge in [-0.1, -0.05) is 12.1 Å². The van der Waals surface area contributed by atoms with Crippen LogP contribution in [0, 0.1) is 0 Å². The first-order chi connectivity index (χ1) is 8.04. The van der Waals surface area contributed by atoms with E-state index in [0.29, 0.717) is 12.3 Å². The number of benzene rings is 1. The first-order valence-corrected chi connectivity index (χ1v) is 5.77. The summed E-state index contributed by atoms with van der Waals surface area (Å²) in [6.45, 7) is 4.58. The van der Waals surface area contributed by atoms with E-state index in [9.17, 15) is 4.79 Å². The Kier molecular flexibility index (Phi) is 4.97. The highest BCUT2D eigenvalue weighted by molar-refractivity contribution is 5.77. The molecule has 1 atom stereocenters. The van der Waals surface area contributed by atoms with E-state index in [1.54, 1.807) is 11.9 Å². The van der Waals surface area contributed by atoms with Crippen molar-refractivity contribution in [1.29, 1.82) is 0 Å². The number of carbonyl (C=O) groups excluding carboxylic acids is 1. The number of likely N-dealkylation sites (N-methyl/N-ethyl adjacent to an activating group) is 1. The van der Waals surface area contributed by atoms with Crippen molar-refractivity contribution in [2.45, 2.75) is 19.9 Å². The van der Waals surface area contributed by atoms with Crippen LogP contribution < -0.4 is 10.5 Å². The van der Waals surface area contributed by atoms with Gasteiger partial charge >= 0.3 is 0 Å². The second-order valence-corrected chi connectivity index (χ2v) is 4.06. The molecule has 0 aliphatic rings. The van der Waals surface area contributed by atoms with Crippen LogP contribution in [0.3, 0.4) is 0 Å². The molecule has 0 aliphatic heterocycles. The second-order valence-electron chi connectivity index (χ2n) is 4.06. The Bertz CT molecular complexity index is 377. The van der Waals surface area contributed by atoms with Crippen LogP contribution in [0.4, 0.5) is 0 Å². The van der Waals surface area contributed by atoms with Gasteiger partial charge < -0.3 is 15.4 Å². The first kappa shape index (κ1) is 13.5. The van der Waals surface area contributed by atoms with Crippen LogP contribution in [-0.4, -0.2) is 31.0 Å². The summed E-state index contributed by atoms with van der Waals surface area (Å²) in [6.07, 6.45) is 0. The summed E-state index contributed by atoms with van der Waals surface area (Å²) in [7, 11) is 1.75. The fourth-order valence-electron chi connectivity index (χ4n) is 1.32. The average Bonchev–Trinajstić information content (AvgIpc) is 2.35. The van der Waals surface area contributed by atoms with E-state index >= 15 is 0 Å². The first-order valence-electron chi connectivity index (χ1n) is 5.77. The highest BCUT2D eigenvalue weighted by atomic mass is 16.5. The number of nitrogens with zero attached hydrogens (tertiary/aromatic N) is 1. The predicted molar refractivity (Wildman–Crippen MR) is 67.9 cm³/mol.